The van der Waals surface area contributed by atoms with E-state index in [0.29, 0.717) is 11.8 Å². The van der Waals surface area contributed by atoms with Gasteiger partial charge in [-0.3, -0.25) is 0 Å². The van der Waals surface area contributed by atoms with Crippen LogP contribution in [-0.4, -0.2) is 14.0 Å². The third kappa shape index (κ3) is 7.99. The molecule has 0 heterocycles. The van der Waals surface area contributed by atoms with Gasteiger partial charge >= 0.3 is 0 Å². The van der Waals surface area contributed by atoms with Crippen molar-refractivity contribution in [2.24, 2.45) is 0 Å². The lowest BCUT2D eigenvalue weighted by atomic mass is 9.81. The Morgan fingerprint density at radius 3 is 2.48 bits per heavy atom. The van der Waals surface area contributed by atoms with E-state index in [-0.39, 0.29) is 0 Å². The Kier molecular flexibility index (Phi) is 11.2. The molecule has 0 amide bonds. The number of hydrogen-bond donors (Lipinski definition) is 0. The van der Waals surface area contributed by atoms with Crippen molar-refractivity contribution in [2.45, 2.75) is 102 Å². The van der Waals surface area contributed by atoms with Gasteiger partial charge in [-0.1, -0.05) is 64.5 Å². The molecule has 1 fully saturated rings. The van der Waals surface area contributed by atoms with Gasteiger partial charge < -0.3 is 4.74 Å². The molecule has 0 bridgehead atoms. The standard InChI is InChI=1S/C23H37Cl2OSi/c1-3-5-11-19(10-4-2)21-14-15-23(26-16-9-17-27(24)25)22(18-21)20-12-7-6-8-13-20/h14-15,18-20H,3-13,16-17H2,1-2H3. The molecular formula is C23H37Cl2OSi. The Hall–Kier alpha value is -0.183. The van der Waals surface area contributed by atoms with Crippen molar-refractivity contribution in [2.75, 3.05) is 6.61 Å². The van der Waals surface area contributed by atoms with Crippen LogP contribution in [-0.2, 0) is 0 Å². The summed E-state index contributed by atoms with van der Waals surface area (Å²) in [5.41, 5.74) is 3.00. The first-order valence-corrected chi connectivity index (χ1v) is 14.8. The van der Waals surface area contributed by atoms with Gasteiger partial charge in [-0.05, 0) is 67.2 Å². The lowest BCUT2D eigenvalue weighted by molar-refractivity contribution is 0.307. The number of ether oxygens (including phenoxy) is 1. The van der Waals surface area contributed by atoms with Crippen LogP contribution in [0.15, 0.2) is 18.2 Å². The van der Waals surface area contributed by atoms with Crippen LogP contribution in [0.4, 0.5) is 0 Å². The summed E-state index contributed by atoms with van der Waals surface area (Å²) in [5, 5.41) is 0. The van der Waals surface area contributed by atoms with E-state index in [4.69, 9.17) is 26.9 Å². The van der Waals surface area contributed by atoms with Crippen LogP contribution in [0.25, 0.3) is 0 Å². The molecule has 1 nitrogen and oxygen atoms in total. The van der Waals surface area contributed by atoms with Crippen LogP contribution in [0.1, 0.15) is 107 Å². The maximum absolute atomic E-state index is 6.22. The van der Waals surface area contributed by atoms with Crippen molar-refractivity contribution in [3.63, 3.8) is 0 Å². The fraction of sp³-hybridized carbons (Fsp3) is 0.739. The minimum Gasteiger partial charge on any atom is -0.493 e. The summed E-state index contributed by atoms with van der Waals surface area (Å²) < 4.78 is 6.22. The first-order valence-electron chi connectivity index (χ1n) is 11.1. The van der Waals surface area contributed by atoms with Crippen LogP contribution in [0.5, 0.6) is 5.75 Å². The predicted octanol–water partition coefficient (Wildman–Crippen LogP) is 8.54. The molecule has 153 valence electrons. The van der Waals surface area contributed by atoms with Gasteiger partial charge in [0.05, 0.1) is 6.61 Å². The number of halogens is 2. The minimum absolute atomic E-state index is 0.669. The lowest BCUT2D eigenvalue weighted by Crippen LogP contribution is -2.10. The van der Waals surface area contributed by atoms with Crippen LogP contribution >= 0.6 is 22.2 Å². The van der Waals surface area contributed by atoms with Crippen molar-refractivity contribution in [3.8, 4) is 5.75 Å². The smallest absolute Gasteiger partial charge is 0.274 e. The quantitative estimate of drug-likeness (QED) is 0.184. The Balaban J connectivity index is 2.16. The molecule has 1 aliphatic rings. The summed E-state index contributed by atoms with van der Waals surface area (Å²) in [7, 11) is -1.19. The van der Waals surface area contributed by atoms with Crippen molar-refractivity contribution in [1.29, 1.82) is 0 Å². The Labute approximate surface area is 178 Å². The molecular weight excluding hydrogens is 391 g/mol. The number of benzene rings is 1. The molecule has 2 rings (SSSR count). The third-order valence-electron chi connectivity index (χ3n) is 5.86. The molecule has 1 aromatic carbocycles. The molecule has 0 aliphatic heterocycles. The first kappa shape index (κ1) is 23.1. The Morgan fingerprint density at radius 2 is 1.81 bits per heavy atom. The maximum Gasteiger partial charge on any atom is 0.274 e. The highest BCUT2D eigenvalue weighted by atomic mass is 35.7. The van der Waals surface area contributed by atoms with Gasteiger partial charge in [0, 0.05) is 0 Å². The summed E-state index contributed by atoms with van der Waals surface area (Å²) in [5.74, 6) is 2.47. The van der Waals surface area contributed by atoms with Gasteiger partial charge in [0.25, 0.3) is 7.42 Å². The number of hydrogen-bond acceptors (Lipinski definition) is 1. The highest BCUT2D eigenvalue weighted by molar-refractivity contribution is 7.33. The zero-order valence-corrected chi connectivity index (χ0v) is 19.8. The van der Waals surface area contributed by atoms with Gasteiger partial charge in [0.2, 0.25) is 0 Å². The topological polar surface area (TPSA) is 9.23 Å². The van der Waals surface area contributed by atoms with E-state index in [9.17, 15) is 0 Å². The molecule has 0 saturated heterocycles. The van der Waals surface area contributed by atoms with E-state index in [1.807, 2.05) is 0 Å². The lowest BCUT2D eigenvalue weighted by Gasteiger charge is -2.26. The molecule has 1 radical (unpaired) electrons. The van der Waals surface area contributed by atoms with E-state index in [1.54, 1.807) is 0 Å². The van der Waals surface area contributed by atoms with Crippen molar-refractivity contribution in [3.05, 3.63) is 29.3 Å². The third-order valence-corrected chi connectivity index (χ3v) is 7.73. The summed E-state index contributed by atoms with van der Waals surface area (Å²) >= 11 is 11.9. The van der Waals surface area contributed by atoms with Gasteiger partial charge in [-0.25, -0.2) is 0 Å². The molecule has 1 saturated carbocycles. The van der Waals surface area contributed by atoms with E-state index < -0.39 is 7.42 Å². The molecule has 1 aliphatic carbocycles. The number of unbranched alkanes of at least 4 members (excludes halogenated alkanes) is 1. The van der Waals surface area contributed by atoms with Crippen molar-refractivity contribution >= 4 is 29.6 Å². The van der Waals surface area contributed by atoms with Crippen molar-refractivity contribution in [1.82, 2.24) is 0 Å². The highest BCUT2D eigenvalue weighted by Crippen LogP contribution is 2.40. The fourth-order valence-electron chi connectivity index (χ4n) is 4.35. The fourth-order valence-corrected chi connectivity index (χ4v) is 5.56. The second kappa shape index (κ2) is 13.1. The van der Waals surface area contributed by atoms with Crippen LogP contribution in [0.3, 0.4) is 0 Å². The summed E-state index contributed by atoms with van der Waals surface area (Å²) in [6, 6.07) is 7.97. The summed E-state index contributed by atoms with van der Waals surface area (Å²) in [4.78, 5) is 0. The number of rotatable bonds is 12. The zero-order chi connectivity index (χ0) is 19.5. The van der Waals surface area contributed by atoms with E-state index in [0.717, 1.165) is 24.8 Å². The molecule has 1 unspecified atom stereocenters. The molecule has 1 aromatic rings. The second-order valence-corrected chi connectivity index (χ2v) is 12.5. The summed E-state index contributed by atoms with van der Waals surface area (Å²) in [6.07, 6.45) is 14.1. The van der Waals surface area contributed by atoms with Gasteiger partial charge in [-0.15, -0.1) is 22.2 Å². The Bertz CT molecular complexity index is 529. The molecule has 0 N–H and O–H groups in total. The molecule has 4 heteroatoms. The van der Waals surface area contributed by atoms with Gasteiger partial charge in [0.1, 0.15) is 5.75 Å². The zero-order valence-electron chi connectivity index (χ0n) is 17.2. The second-order valence-electron chi connectivity index (χ2n) is 8.05. The van der Waals surface area contributed by atoms with Crippen LogP contribution < -0.4 is 4.74 Å². The van der Waals surface area contributed by atoms with E-state index in [1.165, 1.54) is 75.3 Å². The van der Waals surface area contributed by atoms with Crippen molar-refractivity contribution < 1.29 is 4.74 Å². The van der Waals surface area contributed by atoms with Gasteiger partial charge in [-0.2, -0.15) is 0 Å². The summed E-state index contributed by atoms with van der Waals surface area (Å²) in [6.45, 7) is 5.32. The molecule has 27 heavy (non-hydrogen) atoms. The maximum atomic E-state index is 6.22. The average molecular weight is 429 g/mol. The molecule has 0 spiro atoms. The molecule has 1 atom stereocenters. The van der Waals surface area contributed by atoms with Gasteiger partial charge in [0.15, 0.2) is 0 Å². The van der Waals surface area contributed by atoms with E-state index >= 15 is 0 Å². The van der Waals surface area contributed by atoms with E-state index in [2.05, 4.69) is 32.0 Å². The normalized spacial score (nSPS) is 16.6. The monoisotopic (exact) mass is 427 g/mol. The van der Waals surface area contributed by atoms with Crippen LogP contribution in [0.2, 0.25) is 6.04 Å². The SMILES string of the molecule is CCCCC(CCC)c1ccc(OCCC[Si](Cl)Cl)c(C2CCCCC2)c1. The predicted molar refractivity (Wildman–Crippen MR) is 122 cm³/mol. The van der Waals surface area contributed by atoms with Crippen LogP contribution in [0, 0.1) is 0 Å². The molecule has 0 aromatic heterocycles. The minimum atomic E-state index is -1.19. The highest BCUT2D eigenvalue weighted by Gasteiger charge is 2.21. The first-order chi connectivity index (χ1) is 13.2. The Morgan fingerprint density at radius 1 is 1.04 bits per heavy atom. The largest absolute Gasteiger partial charge is 0.493 e. The average Bonchev–Trinajstić information content (AvgIpc) is 2.69.